The van der Waals surface area contributed by atoms with Gasteiger partial charge in [-0.2, -0.15) is 0 Å². The minimum atomic E-state index is -0.643. The van der Waals surface area contributed by atoms with E-state index in [1.165, 1.54) is 0 Å². The minimum Gasteiger partial charge on any atom is -0.507 e. The fourth-order valence-corrected chi connectivity index (χ4v) is 3.76. The summed E-state index contributed by atoms with van der Waals surface area (Å²) >= 11 is 0. The molecule has 1 aromatic heterocycles. The molecule has 1 aromatic carbocycles. The van der Waals surface area contributed by atoms with Crippen molar-refractivity contribution in [1.29, 1.82) is 0 Å². The Morgan fingerprint density at radius 1 is 1.07 bits per heavy atom. The topological polar surface area (TPSA) is 73.7 Å². The minimum absolute atomic E-state index is 0.134. The first-order valence-corrected chi connectivity index (χ1v) is 10.0. The van der Waals surface area contributed by atoms with Crippen molar-refractivity contribution in [3.63, 3.8) is 0 Å². The highest BCUT2D eigenvalue weighted by Gasteiger charge is 2.45. The van der Waals surface area contributed by atoms with Crippen LogP contribution in [0.25, 0.3) is 5.76 Å². The third kappa shape index (κ3) is 4.38. The van der Waals surface area contributed by atoms with Crippen LogP contribution in [0.3, 0.4) is 0 Å². The van der Waals surface area contributed by atoms with E-state index in [1.54, 1.807) is 29.4 Å². The van der Waals surface area contributed by atoms with Gasteiger partial charge in [0.15, 0.2) is 0 Å². The molecule has 0 radical (unpaired) electrons. The van der Waals surface area contributed by atoms with Gasteiger partial charge in [-0.1, -0.05) is 44.2 Å². The van der Waals surface area contributed by atoms with Crippen LogP contribution >= 0.6 is 0 Å². The lowest BCUT2D eigenvalue weighted by molar-refractivity contribution is -0.140. The molecule has 0 saturated carbocycles. The zero-order valence-corrected chi connectivity index (χ0v) is 16.9. The first-order chi connectivity index (χ1) is 14.1. The lowest BCUT2D eigenvalue weighted by atomic mass is 9.95. The number of aliphatic hydroxyl groups is 1. The van der Waals surface area contributed by atoms with E-state index in [9.17, 15) is 14.7 Å². The molecule has 1 saturated heterocycles. The molecule has 0 spiro atoms. The number of aromatic nitrogens is 1. The zero-order valence-electron chi connectivity index (χ0n) is 16.9. The number of hydrogen-bond acceptors (Lipinski definition) is 5. The van der Waals surface area contributed by atoms with Crippen LogP contribution in [0.15, 0.2) is 60.4 Å². The van der Waals surface area contributed by atoms with Crippen LogP contribution in [0.4, 0.5) is 0 Å². The predicted octanol–water partition coefficient (Wildman–Crippen LogP) is 3.24. The van der Waals surface area contributed by atoms with Crippen LogP contribution in [0.2, 0.25) is 0 Å². The second-order valence-corrected chi connectivity index (χ2v) is 7.02. The van der Waals surface area contributed by atoms with E-state index in [1.807, 2.05) is 30.3 Å². The molecule has 1 aliphatic heterocycles. The summed E-state index contributed by atoms with van der Waals surface area (Å²) in [6.07, 6.45) is 3.85. The molecule has 2 aromatic rings. The average Bonchev–Trinajstić information content (AvgIpc) is 3.02. The van der Waals surface area contributed by atoms with Crippen LogP contribution in [-0.2, 0) is 9.59 Å². The summed E-state index contributed by atoms with van der Waals surface area (Å²) in [5.74, 6) is -1.36. The van der Waals surface area contributed by atoms with E-state index in [-0.39, 0.29) is 11.3 Å². The van der Waals surface area contributed by atoms with Crippen LogP contribution in [0.5, 0.6) is 0 Å². The molecule has 1 aliphatic rings. The molecule has 1 unspecified atom stereocenters. The molecule has 29 heavy (non-hydrogen) atoms. The molecular formula is C23H27N3O3. The Bertz CT molecular complexity index is 877. The SMILES string of the molecule is CCN(CC)CCCN1C(=O)C(=O)/C(=C(/O)c2ccncc2)C1c1ccccc1. The summed E-state index contributed by atoms with van der Waals surface area (Å²) in [4.78, 5) is 33.6. The molecule has 1 fully saturated rings. The number of carbonyl (C=O) groups is 2. The molecule has 1 N–H and O–H groups in total. The van der Waals surface area contributed by atoms with Gasteiger partial charge in [-0.05, 0) is 43.8 Å². The van der Waals surface area contributed by atoms with Gasteiger partial charge in [-0.25, -0.2) is 0 Å². The molecule has 6 nitrogen and oxygen atoms in total. The first-order valence-electron chi connectivity index (χ1n) is 10.0. The number of aliphatic hydroxyl groups excluding tert-OH is 1. The highest BCUT2D eigenvalue weighted by molar-refractivity contribution is 6.46. The van der Waals surface area contributed by atoms with E-state index in [0.717, 1.165) is 31.6 Å². The highest BCUT2D eigenvalue weighted by Crippen LogP contribution is 2.39. The van der Waals surface area contributed by atoms with Gasteiger partial charge >= 0.3 is 0 Å². The van der Waals surface area contributed by atoms with Gasteiger partial charge in [0.2, 0.25) is 0 Å². The van der Waals surface area contributed by atoms with E-state index < -0.39 is 17.7 Å². The van der Waals surface area contributed by atoms with Gasteiger partial charge in [-0.15, -0.1) is 0 Å². The maximum absolute atomic E-state index is 12.9. The van der Waals surface area contributed by atoms with Crippen molar-refractivity contribution in [3.8, 4) is 0 Å². The summed E-state index contributed by atoms with van der Waals surface area (Å²) < 4.78 is 0. The Morgan fingerprint density at radius 3 is 2.34 bits per heavy atom. The van der Waals surface area contributed by atoms with Crippen LogP contribution in [-0.4, -0.2) is 57.8 Å². The lowest BCUT2D eigenvalue weighted by Gasteiger charge is -2.26. The molecule has 2 heterocycles. The Hall–Kier alpha value is -2.99. The number of pyridine rings is 1. The molecule has 0 bridgehead atoms. The van der Waals surface area contributed by atoms with Gasteiger partial charge in [0.05, 0.1) is 11.6 Å². The third-order valence-corrected chi connectivity index (χ3v) is 5.38. The summed E-state index contributed by atoms with van der Waals surface area (Å²) in [5, 5.41) is 10.9. The number of amides is 1. The van der Waals surface area contributed by atoms with Gasteiger partial charge in [-0.3, -0.25) is 14.6 Å². The molecule has 6 heteroatoms. The summed E-state index contributed by atoms with van der Waals surface area (Å²) in [5.41, 5.74) is 1.42. The fourth-order valence-electron chi connectivity index (χ4n) is 3.76. The molecule has 0 aliphatic carbocycles. The average molecular weight is 393 g/mol. The zero-order chi connectivity index (χ0) is 20.8. The molecular weight excluding hydrogens is 366 g/mol. The van der Waals surface area contributed by atoms with Crippen molar-refractivity contribution in [2.45, 2.75) is 26.3 Å². The quantitative estimate of drug-likeness (QED) is 0.423. The maximum Gasteiger partial charge on any atom is 0.295 e. The largest absolute Gasteiger partial charge is 0.507 e. The number of ketones is 1. The van der Waals surface area contributed by atoms with E-state index in [0.29, 0.717) is 12.1 Å². The predicted molar refractivity (Wildman–Crippen MR) is 112 cm³/mol. The monoisotopic (exact) mass is 393 g/mol. The van der Waals surface area contributed by atoms with Crippen molar-refractivity contribution >= 4 is 17.4 Å². The van der Waals surface area contributed by atoms with Crippen molar-refractivity contribution < 1.29 is 14.7 Å². The molecule has 152 valence electrons. The first kappa shape index (κ1) is 20.7. The Balaban J connectivity index is 1.98. The molecule has 3 rings (SSSR count). The Labute approximate surface area is 171 Å². The summed E-state index contributed by atoms with van der Waals surface area (Å²) in [6.45, 7) is 7.40. The summed E-state index contributed by atoms with van der Waals surface area (Å²) in [6, 6.07) is 12.1. The Morgan fingerprint density at radius 2 is 1.72 bits per heavy atom. The molecule has 1 atom stereocenters. The van der Waals surface area contributed by atoms with Gasteiger partial charge in [0.1, 0.15) is 5.76 Å². The number of benzene rings is 1. The maximum atomic E-state index is 12.9. The number of carbonyl (C=O) groups excluding carboxylic acids is 2. The van der Waals surface area contributed by atoms with Crippen molar-refractivity contribution in [2.75, 3.05) is 26.2 Å². The summed E-state index contributed by atoms with van der Waals surface area (Å²) in [7, 11) is 0. The van der Waals surface area contributed by atoms with Crippen LogP contribution in [0, 0.1) is 0 Å². The second kappa shape index (κ2) is 9.47. The number of rotatable bonds is 8. The van der Waals surface area contributed by atoms with Crippen molar-refractivity contribution in [1.82, 2.24) is 14.8 Å². The van der Waals surface area contributed by atoms with E-state index in [4.69, 9.17) is 0 Å². The van der Waals surface area contributed by atoms with E-state index >= 15 is 0 Å². The van der Waals surface area contributed by atoms with Gasteiger partial charge < -0.3 is 14.9 Å². The highest BCUT2D eigenvalue weighted by atomic mass is 16.3. The van der Waals surface area contributed by atoms with Crippen molar-refractivity contribution in [3.05, 3.63) is 71.6 Å². The number of likely N-dealkylation sites (tertiary alicyclic amines) is 1. The fraction of sp³-hybridized carbons (Fsp3) is 0.348. The standard InChI is InChI=1S/C23H27N3O3/c1-3-25(4-2)15-8-16-26-20(17-9-6-5-7-10-17)19(22(28)23(26)29)21(27)18-11-13-24-14-12-18/h5-7,9-14,20,27H,3-4,8,15-16H2,1-2H3/b21-19+. The second-order valence-electron chi connectivity index (χ2n) is 7.02. The van der Waals surface area contributed by atoms with Crippen LogP contribution < -0.4 is 0 Å². The third-order valence-electron chi connectivity index (χ3n) is 5.38. The normalized spacial score (nSPS) is 18.6. The number of hydrogen-bond donors (Lipinski definition) is 1. The van der Waals surface area contributed by atoms with Crippen LogP contribution in [0.1, 0.15) is 37.4 Å². The van der Waals surface area contributed by atoms with Gasteiger partial charge in [0, 0.05) is 24.5 Å². The smallest absolute Gasteiger partial charge is 0.295 e. The number of nitrogens with zero attached hydrogens (tertiary/aromatic N) is 3. The van der Waals surface area contributed by atoms with E-state index in [2.05, 4.69) is 23.7 Å². The molecule has 1 amide bonds. The Kier molecular flexibility index (Phi) is 6.77. The lowest BCUT2D eigenvalue weighted by Crippen LogP contribution is -2.33. The van der Waals surface area contributed by atoms with Gasteiger partial charge in [0.25, 0.3) is 11.7 Å². The number of Topliss-reactive ketones (excluding diaryl/α,β-unsaturated/α-hetero) is 1. The van der Waals surface area contributed by atoms with Crippen molar-refractivity contribution in [2.24, 2.45) is 0 Å².